The van der Waals surface area contributed by atoms with Crippen LogP contribution in [-0.4, -0.2) is 58.5 Å². The molecule has 0 aliphatic rings. The Bertz CT molecular complexity index is 1780. The number of benzene rings is 4. The van der Waals surface area contributed by atoms with Crippen LogP contribution in [0.2, 0.25) is 0 Å². The van der Waals surface area contributed by atoms with Gasteiger partial charge in [0.1, 0.15) is 12.6 Å². The number of nitrogens with one attached hydrogen (secondary N) is 1. The number of hydrogen-bond donors (Lipinski definition) is 1. The first-order chi connectivity index (χ1) is 22.9. The van der Waals surface area contributed by atoms with Crippen molar-refractivity contribution in [2.75, 3.05) is 31.6 Å². The first kappa shape index (κ1) is 36.0. The fourth-order valence-electron chi connectivity index (χ4n) is 5.48. The average Bonchev–Trinajstić information content (AvgIpc) is 3.07. The van der Waals surface area contributed by atoms with E-state index in [1.807, 2.05) is 94.4 Å². The molecule has 2 amide bonds. The van der Waals surface area contributed by atoms with Crippen molar-refractivity contribution in [1.82, 2.24) is 10.2 Å². The highest BCUT2D eigenvalue weighted by molar-refractivity contribution is 7.92. The van der Waals surface area contributed by atoms with Crippen LogP contribution in [0.5, 0.6) is 11.5 Å². The molecule has 0 radical (unpaired) electrons. The molecule has 0 saturated carbocycles. The summed E-state index contributed by atoms with van der Waals surface area (Å²) in [6.45, 7) is 7.73. The highest BCUT2D eigenvalue weighted by atomic mass is 32.2. The second-order valence-corrected chi connectivity index (χ2v) is 14.1. The van der Waals surface area contributed by atoms with Crippen molar-refractivity contribution >= 4 is 27.5 Å². The molecule has 0 aromatic heterocycles. The zero-order chi connectivity index (χ0) is 34.8. The van der Waals surface area contributed by atoms with Crippen LogP contribution in [0.25, 0.3) is 0 Å². The summed E-state index contributed by atoms with van der Waals surface area (Å²) in [5.74, 6) is -0.0343. The third-order valence-electron chi connectivity index (χ3n) is 7.87. The Kier molecular flexibility index (Phi) is 12.2. The summed E-state index contributed by atoms with van der Waals surface area (Å²) in [6.07, 6.45) is 0.245. The molecule has 0 aliphatic carbocycles. The Hall–Kier alpha value is -4.83. The minimum atomic E-state index is -4.32. The summed E-state index contributed by atoms with van der Waals surface area (Å²) < 4.78 is 40.8. The highest BCUT2D eigenvalue weighted by Gasteiger charge is 2.35. The number of sulfonamides is 1. The van der Waals surface area contributed by atoms with Crippen molar-refractivity contribution in [2.45, 2.75) is 51.6 Å². The third-order valence-corrected chi connectivity index (χ3v) is 9.64. The molecule has 0 aliphatic heterocycles. The smallest absolute Gasteiger partial charge is 0.264 e. The predicted molar refractivity (Wildman–Crippen MR) is 189 cm³/mol. The quantitative estimate of drug-likeness (QED) is 0.168. The van der Waals surface area contributed by atoms with Crippen LogP contribution in [0, 0.1) is 19.8 Å². The van der Waals surface area contributed by atoms with Crippen LogP contribution >= 0.6 is 0 Å². The van der Waals surface area contributed by atoms with Gasteiger partial charge in [-0.25, -0.2) is 8.42 Å². The summed E-state index contributed by atoms with van der Waals surface area (Å²) in [5, 5.41) is 3.01. The maximum atomic E-state index is 14.7. The van der Waals surface area contributed by atoms with Gasteiger partial charge in [0.15, 0.2) is 11.5 Å². The van der Waals surface area contributed by atoms with Gasteiger partial charge in [-0.15, -0.1) is 0 Å². The Labute approximate surface area is 284 Å². The lowest BCUT2D eigenvalue weighted by Gasteiger charge is -2.34. The maximum Gasteiger partial charge on any atom is 0.264 e. The molecule has 1 N–H and O–H groups in total. The minimum Gasteiger partial charge on any atom is -0.493 e. The summed E-state index contributed by atoms with van der Waals surface area (Å²) in [5.41, 5.74) is 3.68. The molecule has 4 rings (SSSR count). The molecule has 1 atom stereocenters. The van der Waals surface area contributed by atoms with Gasteiger partial charge in [-0.1, -0.05) is 80.6 Å². The normalized spacial score (nSPS) is 11.9. The lowest BCUT2D eigenvalue weighted by Crippen LogP contribution is -2.53. The van der Waals surface area contributed by atoms with E-state index in [9.17, 15) is 18.0 Å². The molecule has 48 heavy (non-hydrogen) atoms. The van der Waals surface area contributed by atoms with Crippen LogP contribution in [0.4, 0.5) is 5.69 Å². The molecule has 9 nitrogen and oxygen atoms in total. The Morgan fingerprint density at radius 1 is 0.771 bits per heavy atom. The van der Waals surface area contributed by atoms with Crippen molar-refractivity contribution in [2.24, 2.45) is 5.92 Å². The lowest BCUT2D eigenvalue weighted by molar-refractivity contribution is -0.140. The molecular weight excluding hydrogens is 627 g/mol. The third kappa shape index (κ3) is 9.16. The molecule has 0 saturated heterocycles. The Morgan fingerprint density at radius 3 is 1.92 bits per heavy atom. The summed E-state index contributed by atoms with van der Waals surface area (Å²) in [6, 6.07) is 27.7. The van der Waals surface area contributed by atoms with Crippen molar-refractivity contribution in [1.29, 1.82) is 0 Å². The first-order valence-corrected chi connectivity index (χ1v) is 17.3. The van der Waals surface area contributed by atoms with E-state index in [2.05, 4.69) is 5.32 Å². The molecule has 254 valence electrons. The van der Waals surface area contributed by atoms with Crippen LogP contribution < -0.4 is 19.1 Å². The second-order valence-electron chi connectivity index (χ2n) is 12.2. The highest BCUT2D eigenvalue weighted by Crippen LogP contribution is 2.33. The van der Waals surface area contributed by atoms with Crippen molar-refractivity contribution in [3.05, 3.63) is 119 Å². The number of amides is 2. The van der Waals surface area contributed by atoms with E-state index in [1.165, 1.54) is 37.3 Å². The number of rotatable bonds is 15. The fraction of sp³-hybridized carbons (Fsp3) is 0.316. The van der Waals surface area contributed by atoms with Crippen LogP contribution in [0.1, 0.15) is 36.1 Å². The van der Waals surface area contributed by atoms with Gasteiger partial charge in [0.05, 0.1) is 24.8 Å². The van der Waals surface area contributed by atoms with E-state index < -0.39 is 28.5 Å². The number of aryl methyl sites for hydroxylation is 2. The molecule has 0 heterocycles. The molecule has 0 fully saturated rings. The fourth-order valence-corrected chi connectivity index (χ4v) is 6.90. The van der Waals surface area contributed by atoms with Gasteiger partial charge in [-0.3, -0.25) is 13.9 Å². The number of carbonyl (C=O) groups excluding carboxylic acids is 2. The Balaban J connectivity index is 1.83. The summed E-state index contributed by atoms with van der Waals surface area (Å²) >= 11 is 0. The van der Waals surface area contributed by atoms with Gasteiger partial charge >= 0.3 is 0 Å². The van der Waals surface area contributed by atoms with E-state index in [4.69, 9.17) is 9.47 Å². The van der Waals surface area contributed by atoms with Gasteiger partial charge in [-0.2, -0.15) is 0 Å². The van der Waals surface area contributed by atoms with Crippen LogP contribution in [0.3, 0.4) is 0 Å². The number of carbonyl (C=O) groups is 2. The number of ether oxygens (including phenoxy) is 2. The van der Waals surface area contributed by atoms with Crippen molar-refractivity contribution in [3.8, 4) is 11.5 Å². The molecule has 4 aromatic carbocycles. The molecule has 10 heteroatoms. The van der Waals surface area contributed by atoms with Gasteiger partial charge in [0.2, 0.25) is 11.8 Å². The number of anilines is 1. The summed E-state index contributed by atoms with van der Waals surface area (Å²) in [4.78, 5) is 30.0. The monoisotopic (exact) mass is 671 g/mol. The standard InChI is InChI=1S/C38H45N3O6S/c1-27(2)24-39-38(43)34(22-30-13-9-7-10-14-30)40(25-31-15-11-8-12-16-31)37(42)26-41(32-20-28(3)19-29(4)21-32)48(44,45)33-17-18-35(46-5)36(23-33)47-6/h7-21,23,27,34H,22,24-26H2,1-6H3,(H,39,43). The van der Waals surface area contributed by atoms with E-state index in [-0.39, 0.29) is 35.4 Å². The van der Waals surface area contributed by atoms with Gasteiger partial charge in [0.25, 0.3) is 10.0 Å². The van der Waals surface area contributed by atoms with Crippen LogP contribution in [0.15, 0.2) is 102 Å². The molecule has 0 spiro atoms. The topological polar surface area (TPSA) is 105 Å². The summed E-state index contributed by atoms with van der Waals surface area (Å²) in [7, 11) is -1.43. The minimum absolute atomic E-state index is 0.0720. The number of methoxy groups -OCH3 is 2. The first-order valence-electron chi connectivity index (χ1n) is 15.9. The molecular formula is C38H45N3O6S. The SMILES string of the molecule is COc1ccc(S(=O)(=O)N(CC(=O)N(Cc2ccccc2)C(Cc2ccccc2)C(=O)NCC(C)C)c2cc(C)cc(C)c2)cc1OC. The average molecular weight is 672 g/mol. The van der Waals surface area contributed by atoms with Gasteiger partial charge in [0, 0.05) is 25.6 Å². The predicted octanol–water partition coefficient (Wildman–Crippen LogP) is 5.93. The molecule has 4 aromatic rings. The largest absolute Gasteiger partial charge is 0.493 e. The van der Waals surface area contributed by atoms with Gasteiger partial charge < -0.3 is 19.7 Å². The van der Waals surface area contributed by atoms with E-state index in [0.29, 0.717) is 18.0 Å². The molecule has 1 unspecified atom stereocenters. The van der Waals surface area contributed by atoms with Crippen molar-refractivity contribution in [3.63, 3.8) is 0 Å². The zero-order valence-corrected chi connectivity index (χ0v) is 29.3. The van der Waals surface area contributed by atoms with Crippen molar-refractivity contribution < 1.29 is 27.5 Å². The van der Waals surface area contributed by atoms with Gasteiger partial charge in [-0.05, 0) is 66.3 Å². The number of hydrogen-bond acceptors (Lipinski definition) is 6. The molecule has 0 bridgehead atoms. The second kappa shape index (κ2) is 16.3. The number of nitrogens with zero attached hydrogens (tertiary/aromatic N) is 2. The maximum absolute atomic E-state index is 14.7. The van der Waals surface area contributed by atoms with E-state index >= 15 is 0 Å². The van der Waals surface area contributed by atoms with E-state index in [0.717, 1.165) is 26.6 Å². The van der Waals surface area contributed by atoms with Crippen LogP contribution in [-0.2, 0) is 32.6 Å². The van der Waals surface area contributed by atoms with E-state index in [1.54, 1.807) is 12.1 Å². The zero-order valence-electron chi connectivity index (χ0n) is 28.5. The Morgan fingerprint density at radius 2 is 1.35 bits per heavy atom. The lowest BCUT2D eigenvalue weighted by atomic mass is 10.0.